The van der Waals surface area contributed by atoms with E-state index in [1.54, 1.807) is 31.6 Å². The van der Waals surface area contributed by atoms with Crippen LogP contribution in [0.4, 0.5) is 29.3 Å². The lowest BCUT2D eigenvalue weighted by Gasteiger charge is -2.12. The molecule has 0 aliphatic carbocycles. The zero-order chi connectivity index (χ0) is 26.4. The number of hydrogen-bond acceptors (Lipinski definition) is 4. The van der Waals surface area contributed by atoms with Crippen LogP contribution in [-0.4, -0.2) is 42.5 Å². The summed E-state index contributed by atoms with van der Waals surface area (Å²) in [5.41, 5.74) is 2.30. The Balaban J connectivity index is 1.45. The molecule has 0 radical (unpaired) electrons. The van der Waals surface area contributed by atoms with Gasteiger partial charge in [-0.15, -0.1) is 0 Å². The maximum Gasteiger partial charge on any atom is 0.417 e. The SMILES string of the molecule is COCCOCCc1cn(-c2ccc(NC(=O)Nc3ccc(Cl)c(C(F)(F)F)c3)cc2)c2cnccc12. The summed E-state index contributed by atoms with van der Waals surface area (Å²) in [6, 6.07) is 11.5. The van der Waals surface area contributed by atoms with Crippen molar-refractivity contribution in [1.82, 2.24) is 9.55 Å². The number of carbonyl (C=O) groups is 1. The summed E-state index contributed by atoms with van der Waals surface area (Å²) < 4.78 is 51.8. The number of pyridine rings is 1. The summed E-state index contributed by atoms with van der Waals surface area (Å²) in [7, 11) is 1.63. The van der Waals surface area contributed by atoms with Gasteiger partial charge >= 0.3 is 12.2 Å². The number of aromatic nitrogens is 2. The average molecular weight is 533 g/mol. The van der Waals surface area contributed by atoms with Crippen molar-refractivity contribution in [3.63, 3.8) is 0 Å². The van der Waals surface area contributed by atoms with E-state index in [0.717, 1.165) is 40.7 Å². The number of nitrogens with zero attached hydrogens (tertiary/aromatic N) is 2. The second-order valence-electron chi connectivity index (χ2n) is 8.09. The van der Waals surface area contributed by atoms with Gasteiger partial charge in [0.2, 0.25) is 0 Å². The highest BCUT2D eigenvalue weighted by Crippen LogP contribution is 2.36. The zero-order valence-corrected chi connectivity index (χ0v) is 20.6. The fraction of sp³-hybridized carbons (Fsp3) is 0.231. The van der Waals surface area contributed by atoms with E-state index in [0.29, 0.717) is 25.5 Å². The summed E-state index contributed by atoms with van der Waals surface area (Å²) in [5, 5.41) is 5.63. The molecule has 0 aliphatic rings. The predicted octanol–water partition coefficient (Wildman–Crippen LogP) is 6.55. The number of alkyl halides is 3. The highest BCUT2D eigenvalue weighted by Gasteiger charge is 2.33. The predicted molar refractivity (Wildman–Crippen MR) is 137 cm³/mol. The van der Waals surface area contributed by atoms with Crippen LogP contribution in [-0.2, 0) is 22.1 Å². The first kappa shape index (κ1) is 26.5. The molecule has 0 bridgehead atoms. The maximum absolute atomic E-state index is 13.1. The molecule has 2 heterocycles. The first-order valence-corrected chi connectivity index (χ1v) is 11.7. The molecule has 2 amide bonds. The van der Waals surface area contributed by atoms with Crippen LogP contribution in [0.1, 0.15) is 11.1 Å². The fourth-order valence-electron chi connectivity index (χ4n) is 3.80. The van der Waals surface area contributed by atoms with E-state index in [1.807, 2.05) is 29.0 Å². The summed E-state index contributed by atoms with van der Waals surface area (Å²) in [6.07, 6.45) is 1.64. The molecular weight excluding hydrogens is 509 g/mol. The smallest absolute Gasteiger partial charge is 0.382 e. The lowest BCUT2D eigenvalue weighted by atomic mass is 10.1. The molecule has 0 atom stereocenters. The van der Waals surface area contributed by atoms with Crippen LogP contribution in [0, 0.1) is 0 Å². The summed E-state index contributed by atoms with van der Waals surface area (Å²) in [4.78, 5) is 16.6. The van der Waals surface area contributed by atoms with Crippen molar-refractivity contribution in [2.24, 2.45) is 0 Å². The van der Waals surface area contributed by atoms with Crippen LogP contribution in [0.5, 0.6) is 0 Å². The number of methoxy groups -OCH3 is 1. The third-order valence-electron chi connectivity index (χ3n) is 5.57. The van der Waals surface area contributed by atoms with Gasteiger partial charge in [0.25, 0.3) is 0 Å². The van der Waals surface area contributed by atoms with Crippen molar-refractivity contribution in [2.75, 3.05) is 37.6 Å². The highest BCUT2D eigenvalue weighted by molar-refractivity contribution is 6.31. The number of amides is 2. The van der Waals surface area contributed by atoms with E-state index < -0.39 is 22.8 Å². The first-order valence-electron chi connectivity index (χ1n) is 11.3. The van der Waals surface area contributed by atoms with Crippen molar-refractivity contribution in [1.29, 1.82) is 0 Å². The Labute approximate surface area is 216 Å². The minimum Gasteiger partial charge on any atom is -0.382 e. The van der Waals surface area contributed by atoms with Gasteiger partial charge in [0.05, 0.1) is 42.1 Å². The molecule has 2 aromatic heterocycles. The molecule has 0 aliphatic heterocycles. The third-order valence-corrected chi connectivity index (χ3v) is 5.90. The lowest BCUT2D eigenvalue weighted by Crippen LogP contribution is -2.20. The molecule has 4 rings (SSSR count). The van der Waals surface area contributed by atoms with Gasteiger partial charge in [-0.3, -0.25) is 4.98 Å². The minimum absolute atomic E-state index is 0.0316. The van der Waals surface area contributed by atoms with Crippen LogP contribution in [0.3, 0.4) is 0 Å². The first-order chi connectivity index (χ1) is 17.8. The van der Waals surface area contributed by atoms with Gasteiger partial charge in [-0.05, 0) is 60.5 Å². The molecule has 0 unspecified atom stereocenters. The van der Waals surface area contributed by atoms with E-state index in [-0.39, 0.29) is 5.69 Å². The van der Waals surface area contributed by atoms with Crippen molar-refractivity contribution in [2.45, 2.75) is 12.6 Å². The van der Waals surface area contributed by atoms with Crippen LogP contribution in [0.15, 0.2) is 67.1 Å². The Kier molecular flexibility index (Phi) is 8.32. The van der Waals surface area contributed by atoms with Crippen LogP contribution >= 0.6 is 11.6 Å². The number of benzene rings is 2. The summed E-state index contributed by atoms with van der Waals surface area (Å²) >= 11 is 5.63. The molecule has 0 fully saturated rings. The van der Waals surface area contributed by atoms with Crippen LogP contribution < -0.4 is 10.6 Å². The molecular formula is C26H24ClF3N4O3. The summed E-state index contributed by atoms with van der Waals surface area (Å²) in [6.45, 7) is 1.62. The van der Waals surface area contributed by atoms with Gasteiger partial charge in [-0.2, -0.15) is 13.2 Å². The van der Waals surface area contributed by atoms with Gasteiger partial charge in [-0.25, -0.2) is 4.79 Å². The van der Waals surface area contributed by atoms with Crippen molar-refractivity contribution >= 4 is 39.9 Å². The Morgan fingerprint density at radius 1 is 1.03 bits per heavy atom. The molecule has 2 N–H and O–H groups in total. The van der Waals surface area contributed by atoms with E-state index in [9.17, 15) is 18.0 Å². The highest BCUT2D eigenvalue weighted by atomic mass is 35.5. The topological polar surface area (TPSA) is 77.4 Å². The van der Waals surface area contributed by atoms with Crippen molar-refractivity contribution in [3.05, 3.63) is 83.3 Å². The number of hydrogen-bond donors (Lipinski definition) is 2. The lowest BCUT2D eigenvalue weighted by molar-refractivity contribution is -0.137. The van der Waals surface area contributed by atoms with Crippen LogP contribution in [0.25, 0.3) is 16.6 Å². The Bertz CT molecular complexity index is 1370. The Morgan fingerprint density at radius 2 is 1.76 bits per heavy atom. The Hall–Kier alpha value is -3.60. The second-order valence-corrected chi connectivity index (χ2v) is 8.50. The van der Waals surface area contributed by atoms with E-state index in [1.165, 1.54) is 6.07 Å². The molecule has 0 saturated heterocycles. The molecule has 0 saturated carbocycles. The number of urea groups is 1. The number of nitrogens with one attached hydrogen (secondary N) is 2. The molecule has 4 aromatic rings. The molecule has 37 heavy (non-hydrogen) atoms. The van der Waals surface area contributed by atoms with Crippen molar-refractivity contribution in [3.8, 4) is 5.69 Å². The maximum atomic E-state index is 13.1. The second kappa shape index (κ2) is 11.6. The molecule has 11 heteroatoms. The van der Waals surface area contributed by atoms with Gasteiger partial charge in [0, 0.05) is 42.0 Å². The standard InChI is InChI=1S/C26H24ClF3N4O3/c1-36-12-13-37-11-9-17-16-34(24-15-31-10-8-21(17)24)20-5-2-18(3-6-20)32-25(35)33-19-4-7-23(27)22(14-19)26(28,29)30/h2-8,10,14-16H,9,11-13H2,1H3,(H2,32,33,35). The number of carbonyl (C=O) groups excluding carboxylic acids is 1. The minimum atomic E-state index is -4.63. The molecule has 194 valence electrons. The van der Waals surface area contributed by atoms with Crippen molar-refractivity contribution < 1.29 is 27.4 Å². The quantitative estimate of drug-likeness (QED) is 0.240. The summed E-state index contributed by atoms with van der Waals surface area (Å²) in [5.74, 6) is 0. The van der Waals surface area contributed by atoms with E-state index >= 15 is 0 Å². The van der Waals surface area contributed by atoms with Gasteiger partial charge in [0.15, 0.2) is 0 Å². The monoisotopic (exact) mass is 532 g/mol. The number of fused-ring (bicyclic) bond motifs is 1. The molecule has 2 aromatic carbocycles. The third kappa shape index (κ3) is 6.59. The largest absolute Gasteiger partial charge is 0.417 e. The average Bonchev–Trinajstić information content (AvgIpc) is 3.23. The molecule has 7 nitrogen and oxygen atoms in total. The number of halogens is 4. The van der Waals surface area contributed by atoms with E-state index in [4.69, 9.17) is 21.1 Å². The van der Waals surface area contributed by atoms with Gasteiger partial charge < -0.3 is 24.7 Å². The number of anilines is 2. The number of rotatable bonds is 9. The molecule has 0 spiro atoms. The fourth-order valence-corrected chi connectivity index (χ4v) is 4.03. The number of ether oxygens (including phenoxy) is 2. The zero-order valence-electron chi connectivity index (χ0n) is 19.8. The van der Waals surface area contributed by atoms with E-state index in [2.05, 4.69) is 15.6 Å². The van der Waals surface area contributed by atoms with Crippen LogP contribution in [0.2, 0.25) is 5.02 Å². The Morgan fingerprint density at radius 3 is 2.49 bits per heavy atom. The van der Waals surface area contributed by atoms with Gasteiger partial charge in [-0.1, -0.05) is 11.6 Å². The normalized spacial score (nSPS) is 11.6. The van der Waals surface area contributed by atoms with Gasteiger partial charge in [0.1, 0.15) is 0 Å².